The van der Waals surface area contributed by atoms with Crippen molar-refractivity contribution in [1.29, 1.82) is 0 Å². The lowest BCUT2D eigenvalue weighted by Gasteiger charge is -2.15. The van der Waals surface area contributed by atoms with E-state index in [0.717, 1.165) is 48.4 Å². The molecular weight excluding hydrogens is 372 g/mol. The smallest absolute Gasteiger partial charge is 0.311 e. The Balaban J connectivity index is 1.21. The summed E-state index contributed by atoms with van der Waals surface area (Å²) >= 11 is 1.72. The molecule has 4 rings (SSSR count). The first kappa shape index (κ1) is 18.6. The lowest BCUT2D eigenvalue weighted by Crippen LogP contribution is -2.23. The molecule has 1 aromatic heterocycles. The van der Waals surface area contributed by atoms with Gasteiger partial charge in [-0.2, -0.15) is 0 Å². The van der Waals surface area contributed by atoms with Crippen LogP contribution in [0.2, 0.25) is 0 Å². The molecule has 0 saturated carbocycles. The van der Waals surface area contributed by atoms with Crippen LogP contribution >= 0.6 is 11.3 Å². The molecule has 1 aliphatic rings. The Morgan fingerprint density at radius 2 is 1.93 bits per heavy atom. The summed E-state index contributed by atoms with van der Waals surface area (Å²) in [6.07, 6.45) is 4.45. The van der Waals surface area contributed by atoms with Gasteiger partial charge in [-0.1, -0.05) is 12.1 Å². The van der Waals surface area contributed by atoms with Gasteiger partial charge in [0.1, 0.15) is 5.75 Å². The summed E-state index contributed by atoms with van der Waals surface area (Å²) in [7, 11) is 0. The van der Waals surface area contributed by atoms with Crippen LogP contribution in [-0.4, -0.2) is 23.4 Å². The molecule has 0 spiro atoms. The monoisotopic (exact) mass is 394 g/mol. The lowest BCUT2D eigenvalue weighted by atomic mass is 10.2. The maximum atomic E-state index is 12.1. The zero-order valence-corrected chi connectivity index (χ0v) is 16.4. The van der Waals surface area contributed by atoms with E-state index in [-0.39, 0.29) is 11.9 Å². The van der Waals surface area contributed by atoms with Crippen molar-refractivity contribution in [2.75, 3.05) is 11.4 Å². The molecule has 0 N–H and O–H groups in total. The van der Waals surface area contributed by atoms with Gasteiger partial charge in [0.15, 0.2) is 0 Å². The summed E-state index contributed by atoms with van der Waals surface area (Å²) in [5.41, 5.74) is 1.90. The number of thiazole rings is 1. The average Bonchev–Trinajstić information content (AvgIpc) is 3.31. The molecule has 28 heavy (non-hydrogen) atoms. The second-order valence-corrected chi connectivity index (χ2v) is 8.01. The van der Waals surface area contributed by atoms with Gasteiger partial charge in [0.25, 0.3) is 0 Å². The van der Waals surface area contributed by atoms with Gasteiger partial charge in [-0.25, -0.2) is 4.98 Å². The Bertz CT molecular complexity index is 948. The standard InChI is InChI=1S/C22H22N2O3S/c25-21-9-5-15-24(21)16-11-13-17(14-12-16)27-22(26)10-4-3-8-20-23-18-6-1-2-7-19(18)28-20/h1-2,6-7,11-14H,3-5,8-10,15H2. The Labute approximate surface area is 168 Å². The highest BCUT2D eigenvalue weighted by atomic mass is 32.1. The highest BCUT2D eigenvalue weighted by molar-refractivity contribution is 7.18. The van der Waals surface area contributed by atoms with Crippen LogP contribution in [0.25, 0.3) is 10.2 Å². The molecule has 0 atom stereocenters. The molecule has 0 radical (unpaired) electrons. The molecule has 1 saturated heterocycles. The normalized spacial score (nSPS) is 14.0. The molecule has 6 heteroatoms. The second kappa shape index (κ2) is 8.52. The van der Waals surface area contributed by atoms with Gasteiger partial charge in [-0.05, 0) is 62.1 Å². The van der Waals surface area contributed by atoms with Crippen molar-refractivity contribution in [2.24, 2.45) is 0 Å². The van der Waals surface area contributed by atoms with Crippen LogP contribution in [0.15, 0.2) is 48.5 Å². The van der Waals surface area contributed by atoms with E-state index in [1.165, 1.54) is 4.70 Å². The summed E-state index contributed by atoms with van der Waals surface area (Å²) in [6.45, 7) is 0.757. The molecule has 1 aliphatic heterocycles. The van der Waals surface area contributed by atoms with Gasteiger partial charge < -0.3 is 9.64 Å². The van der Waals surface area contributed by atoms with Crippen LogP contribution < -0.4 is 9.64 Å². The van der Waals surface area contributed by atoms with Crippen molar-refractivity contribution >= 4 is 39.1 Å². The van der Waals surface area contributed by atoms with Gasteiger partial charge in [0, 0.05) is 25.1 Å². The number of anilines is 1. The lowest BCUT2D eigenvalue weighted by molar-refractivity contribution is -0.134. The first-order valence-electron chi connectivity index (χ1n) is 9.64. The number of esters is 1. The summed E-state index contributed by atoms with van der Waals surface area (Å²) in [5, 5.41) is 1.11. The van der Waals surface area contributed by atoms with E-state index in [1.807, 2.05) is 30.3 Å². The Morgan fingerprint density at radius 1 is 1.11 bits per heavy atom. The number of carbonyl (C=O) groups is 2. The topological polar surface area (TPSA) is 59.5 Å². The van der Waals surface area contributed by atoms with Crippen LogP contribution in [0.4, 0.5) is 5.69 Å². The van der Waals surface area contributed by atoms with Gasteiger partial charge in [-0.3, -0.25) is 9.59 Å². The third-order valence-corrected chi connectivity index (χ3v) is 5.91. The Morgan fingerprint density at radius 3 is 2.68 bits per heavy atom. The van der Waals surface area contributed by atoms with Crippen molar-refractivity contribution in [3.05, 3.63) is 53.5 Å². The third-order valence-electron chi connectivity index (χ3n) is 4.81. The minimum atomic E-state index is -0.228. The SMILES string of the molecule is O=C(CCCCc1nc2ccccc2s1)Oc1ccc(N2CCCC2=O)cc1. The van der Waals surface area contributed by atoms with Gasteiger partial charge in [-0.15, -0.1) is 11.3 Å². The van der Waals surface area contributed by atoms with Crippen LogP contribution in [-0.2, 0) is 16.0 Å². The van der Waals surface area contributed by atoms with E-state index >= 15 is 0 Å². The minimum Gasteiger partial charge on any atom is -0.427 e. The number of nitrogens with zero attached hydrogens (tertiary/aromatic N) is 2. The summed E-state index contributed by atoms with van der Waals surface area (Å²) in [6, 6.07) is 15.3. The number of aromatic nitrogens is 1. The number of fused-ring (bicyclic) bond motifs is 1. The number of unbranched alkanes of at least 4 members (excludes halogenated alkanes) is 1. The number of benzene rings is 2. The van der Waals surface area contributed by atoms with Gasteiger partial charge in [0.2, 0.25) is 5.91 Å². The zero-order valence-electron chi connectivity index (χ0n) is 15.6. The van der Waals surface area contributed by atoms with E-state index < -0.39 is 0 Å². The fraction of sp³-hybridized carbons (Fsp3) is 0.318. The highest BCUT2D eigenvalue weighted by Crippen LogP contribution is 2.25. The first-order chi connectivity index (χ1) is 13.7. The highest BCUT2D eigenvalue weighted by Gasteiger charge is 2.21. The van der Waals surface area contributed by atoms with Crippen LogP contribution in [0.3, 0.4) is 0 Å². The minimum absolute atomic E-state index is 0.151. The molecular formula is C22H22N2O3S. The molecule has 1 amide bonds. The third kappa shape index (κ3) is 4.39. The number of hydrogen-bond donors (Lipinski definition) is 0. The fourth-order valence-electron chi connectivity index (χ4n) is 3.37. The molecule has 5 nitrogen and oxygen atoms in total. The van der Waals surface area contributed by atoms with Gasteiger partial charge in [0.05, 0.1) is 15.2 Å². The van der Waals surface area contributed by atoms with Crippen molar-refractivity contribution in [1.82, 2.24) is 4.98 Å². The molecule has 144 valence electrons. The maximum absolute atomic E-state index is 12.1. The Kier molecular flexibility index (Phi) is 5.67. The summed E-state index contributed by atoms with van der Waals surface area (Å²) in [4.78, 5) is 30.2. The van der Waals surface area contributed by atoms with Crippen LogP contribution in [0.1, 0.15) is 37.1 Å². The number of aryl methyl sites for hydroxylation is 1. The predicted molar refractivity (Wildman–Crippen MR) is 111 cm³/mol. The zero-order chi connectivity index (χ0) is 19.3. The number of ether oxygens (including phenoxy) is 1. The number of para-hydroxylation sites is 1. The van der Waals surface area contributed by atoms with E-state index in [4.69, 9.17) is 4.74 Å². The average molecular weight is 394 g/mol. The maximum Gasteiger partial charge on any atom is 0.311 e. The van der Waals surface area contributed by atoms with E-state index in [1.54, 1.807) is 28.4 Å². The van der Waals surface area contributed by atoms with Crippen LogP contribution in [0, 0.1) is 0 Å². The molecule has 0 bridgehead atoms. The van der Waals surface area contributed by atoms with E-state index in [2.05, 4.69) is 11.1 Å². The van der Waals surface area contributed by atoms with Gasteiger partial charge >= 0.3 is 5.97 Å². The first-order valence-corrected chi connectivity index (χ1v) is 10.5. The predicted octanol–water partition coefficient (Wildman–Crippen LogP) is 4.74. The van der Waals surface area contributed by atoms with Crippen molar-refractivity contribution in [2.45, 2.75) is 38.5 Å². The number of rotatable bonds is 7. The Hall–Kier alpha value is -2.73. The molecule has 1 fully saturated rings. The fourth-order valence-corrected chi connectivity index (χ4v) is 4.38. The molecule has 3 aromatic rings. The quantitative estimate of drug-likeness (QED) is 0.330. The largest absolute Gasteiger partial charge is 0.427 e. The van der Waals surface area contributed by atoms with E-state index in [9.17, 15) is 9.59 Å². The van der Waals surface area contributed by atoms with Crippen LogP contribution in [0.5, 0.6) is 5.75 Å². The van der Waals surface area contributed by atoms with Crippen molar-refractivity contribution < 1.29 is 14.3 Å². The summed E-state index contributed by atoms with van der Waals surface area (Å²) < 4.78 is 6.61. The summed E-state index contributed by atoms with van der Waals surface area (Å²) in [5.74, 6) is 0.443. The molecule has 0 unspecified atom stereocenters. The van der Waals surface area contributed by atoms with Crippen molar-refractivity contribution in [3.63, 3.8) is 0 Å². The number of carbonyl (C=O) groups excluding carboxylic acids is 2. The molecule has 2 heterocycles. The number of hydrogen-bond acceptors (Lipinski definition) is 5. The van der Waals surface area contributed by atoms with Crippen molar-refractivity contribution in [3.8, 4) is 5.75 Å². The second-order valence-electron chi connectivity index (χ2n) is 6.90. The molecule has 0 aliphatic carbocycles. The number of amides is 1. The molecule has 2 aromatic carbocycles. The van der Waals surface area contributed by atoms with E-state index in [0.29, 0.717) is 18.6 Å².